The molecule has 0 radical (unpaired) electrons. The molecule has 0 aliphatic rings. The van der Waals surface area contributed by atoms with Crippen LogP contribution in [0.25, 0.3) is 0 Å². The maximum Gasteiger partial charge on any atom is 0.106 e. The SMILES string of the molecule is CCCCSCCCC(C#N)(CC)NC. The van der Waals surface area contributed by atoms with Crippen LogP contribution in [-0.2, 0) is 0 Å². The molecule has 0 aliphatic heterocycles. The van der Waals surface area contributed by atoms with Crippen molar-refractivity contribution in [2.45, 2.75) is 51.5 Å². The molecule has 0 fully saturated rings. The Labute approximate surface area is 98.8 Å². The lowest BCUT2D eigenvalue weighted by Crippen LogP contribution is -2.40. The summed E-state index contributed by atoms with van der Waals surface area (Å²) < 4.78 is 0. The third kappa shape index (κ3) is 6.06. The van der Waals surface area contributed by atoms with Gasteiger partial charge in [-0.05, 0) is 44.2 Å². The van der Waals surface area contributed by atoms with Gasteiger partial charge in [-0.3, -0.25) is 0 Å². The molecule has 0 rings (SSSR count). The Morgan fingerprint density at radius 1 is 1.27 bits per heavy atom. The maximum absolute atomic E-state index is 9.10. The van der Waals surface area contributed by atoms with Crippen molar-refractivity contribution < 1.29 is 0 Å². The zero-order valence-electron chi connectivity index (χ0n) is 10.3. The van der Waals surface area contributed by atoms with Gasteiger partial charge in [-0.25, -0.2) is 0 Å². The van der Waals surface area contributed by atoms with Gasteiger partial charge >= 0.3 is 0 Å². The van der Waals surface area contributed by atoms with E-state index in [0.717, 1.165) is 19.3 Å². The summed E-state index contributed by atoms with van der Waals surface area (Å²) in [5.74, 6) is 2.45. The van der Waals surface area contributed by atoms with Crippen LogP contribution < -0.4 is 5.32 Å². The second kappa shape index (κ2) is 9.06. The summed E-state index contributed by atoms with van der Waals surface area (Å²) >= 11 is 2.01. The minimum Gasteiger partial charge on any atom is -0.302 e. The van der Waals surface area contributed by atoms with Gasteiger partial charge in [0.25, 0.3) is 0 Å². The molecule has 0 spiro atoms. The van der Waals surface area contributed by atoms with Crippen LogP contribution >= 0.6 is 11.8 Å². The van der Waals surface area contributed by atoms with Crippen molar-refractivity contribution in [3.05, 3.63) is 0 Å². The minimum atomic E-state index is -0.286. The first-order valence-corrected chi connectivity index (χ1v) is 7.08. The number of nitrogens with zero attached hydrogens (tertiary/aromatic N) is 1. The third-order valence-corrected chi connectivity index (χ3v) is 3.99. The zero-order valence-corrected chi connectivity index (χ0v) is 11.1. The second-order valence-corrected chi connectivity index (χ2v) is 5.09. The van der Waals surface area contributed by atoms with Crippen LogP contribution in [0.15, 0.2) is 0 Å². The molecular formula is C12H24N2S. The molecule has 0 bridgehead atoms. The molecule has 1 unspecified atom stereocenters. The lowest BCUT2D eigenvalue weighted by molar-refractivity contribution is 0.400. The van der Waals surface area contributed by atoms with Crippen molar-refractivity contribution in [1.29, 1.82) is 5.26 Å². The van der Waals surface area contributed by atoms with Gasteiger partial charge in [-0.1, -0.05) is 20.3 Å². The topological polar surface area (TPSA) is 35.8 Å². The Balaban J connectivity index is 3.60. The number of hydrogen-bond donors (Lipinski definition) is 1. The third-order valence-electron chi connectivity index (χ3n) is 2.83. The molecule has 0 aliphatic carbocycles. The molecular weight excluding hydrogens is 204 g/mol. The quantitative estimate of drug-likeness (QED) is 0.616. The molecule has 88 valence electrons. The van der Waals surface area contributed by atoms with E-state index in [2.05, 4.69) is 25.2 Å². The van der Waals surface area contributed by atoms with Crippen LogP contribution in [0, 0.1) is 11.3 Å². The fraction of sp³-hybridized carbons (Fsp3) is 0.917. The van der Waals surface area contributed by atoms with Crippen LogP contribution in [0.4, 0.5) is 0 Å². The average molecular weight is 228 g/mol. The lowest BCUT2D eigenvalue weighted by Gasteiger charge is -2.24. The first-order valence-electron chi connectivity index (χ1n) is 5.92. The summed E-state index contributed by atoms with van der Waals surface area (Å²) in [5, 5.41) is 12.2. The number of nitrogens with one attached hydrogen (secondary N) is 1. The number of nitriles is 1. The molecule has 0 aromatic heterocycles. The fourth-order valence-electron chi connectivity index (χ4n) is 1.49. The highest BCUT2D eigenvalue weighted by atomic mass is 32.2. The largest absolute Gasteiger partial charge is 0.302 e. The van der Waals surface area contributed by atoms with Crippen molar-refractivity contribution in [3.8, 4) is 6.07 Å². The fourth-order valence-corrected chi connectivity index (χ4v) is 2.54. The highest BCUT2D eigenvalue weighted by molar-refractivity contribution is 7.99. The van der Waals surface area contributed by atoms with E-state index in [1.54, 1.807) is 0 Å². The smallest absolute Gasteiger partial charge is 0.106 e. The van der Waals surface area contributed by atoms with Gasteiger partial charge in [0.15, 0.2) is 0 Å². The normalized spacial score (nSPS) is 14.5. The summed E-state index contributed by atoms with van der Waals surface area (Å²) in [4.78, 5) is 0. The zero-order chi connectivity index (χ0) is 11.6. The molecule has 0 aromatic carbocycles. The predicted molar refractivity (Wildman–Crippen MR) is 69.2 cm³/mol. The molecule has 3 heteroatoms. The van der Waals surface area contributed by atoms with E-state index in [4.69, 9.17) is 5.26 Å². The van der Waals surface area contributed by atoms with Gasteiger partial charge in [0, 0.05) is 0 Å². The van der Waals surface area contributed by atoms with Gasteiger partial charge in [0.05, 0.1) is 6.07 Å². The van der Waals surface area contributed by atoms with Crippen molar-refractivity contribution in [1.82, 2.24) is 5.32 Å². The first kappa shape index (κ1) is 14.8. The molecule has 2 nitrogen and oxygen atoms in total. The second-order valence-electron chi connectivity index (χ2n) is 3.87. The van der Waals surface area contributed by atoms with E-state index in [0.29, 0.717) is 0 Å². The average Bonchev–Trinajstić information content (AvgIpc) is 2.29. The molecule has 0 saturated heterocycles. The standard InChI is InChI=1S/C12H24N2S/c1-4-6-9-15-10-7-8-12(5-2,11-13)14-3/h14H,4-10H2,1-3H3. The lowest BCUT2D eigenvalue weighted by atomic mass is 9.93. The summed E-state index contributed by atoms with van der Waals surface area (Å²) in [7, 11) is 1.89. The van der Waals surface area contributed by atoms with E-state index in [1.807, 2.05) is 18.8 Å². The van der Waals surface area contributed by atoms with Gasteiger partial charge in [-0.2, -0.15) is 17.0 Å². The maximum atomic E-state index is 9.10. The monoisotopic (exact) mass is 228 g/mol. The van der Waals surface area contributed by atoms with Gasteiger partial charge in [0.2, 0.25) is 0 Å². The Morgan fingerprint density at radius 3 is 2.40 bits per heavy atom. The highest BCUT2D eigenvalue weighted by Gasteiger charge is 2.24. The Bertz CT molecular complexity index is 183. The predicted octanol–water partition coefficient (Wildman–Crippen LogP) is 3.19. The summed E-state index contributed by atoms with van der Waals surface area (Å²) in [5.41, 5.74) is -0.286. The highest BCUT2D eigenvalue weighted by Crippen LogP contribution is 2.18. The summed E-state index contributed by atoms with van der Waals surface area (Å²) in [6, 6.07) is 2.40. The van der Waals surface area contributed by atoms with E-state index < -0.39 is 0 Å². The van der Waals surface area contributed by atoms with Gasteiger partial charge in [-0.15, -0.1) is 0 Å². The van der Waals surface area contributed by atoms with E-state index in [-0.39, 0.29) is 5.54 Å². The molecule has 1 atom stereocenters. The van der Waals surface area contributed by atoms with Crippen LogP contribution in [0.5, 0.6) is 0 Å². The summed E-state index contributed by atoms with van der Waals surface area (Å²) in [6.07, 6.45) is 5.58. The van der Waals surface area contributed by atoms with Gasteiger partial charge in [0.1, 0.15) is 5.54 Å². The Kier molecular flexibility index (Phi) is 8.94. The summed E-state index contributed by atoms with van der Waals surface area (Å²) in [6.45, 7) is 4.29. The van der Waals surface area contributed by atoms with Crippen molar-refractivity contribution >= 4 is 11.8 Å². The number of thioether (sulfide) groups is 1. The number of rotatable bonds is 9. The Hall–Kier alpha value is -0.200. The van der Waals surface area contributed by atoms with Crippen LogP contribution in [-0.4, -0.2) is 24.1 Å². The molecule has 0 amide bonds. The van der Waals surface area contributed by atoms with Crippen LogP contribution in [0.1, 0.15) is 46.0 Å². The number of hydrogen-bond acceptors (Lipinski definition) is 3. The van der Waals surface area contributed by atoms with Gasteiger partial charge < -0.3 is 5.32 Å². The van der Waals surface area contributed by atoms with Crippen molar-refractivity contribution in [3.63, 3.8) is 0 Å². The minimum absolute atomic E-state index is 0.286. The molecule has 0 heterocycles. The van der Waals surface area contributed by atoms with E-state index in [1.165, 1.54) is 24.3 Å². The molecule has 15 heavy (non-hydrogen) atoms. The Morgan fingerprint density at radius 2 is 1.93 bits per heavy atom. The number of unbranched alkanes of at least 4 members (excludes halogenated alkanes) is 1. The van der Waals surface area contributed by atoms with Crippen molar-refractivity contribution in [2.24, 2.45) is 0 Å². The van der Waals surface area contributed by atoms with Crippen LogP contribution in [0.3, 0.4) is 0 Å². The van der Waals surface area contributed by atoms with E-state index >= 15 is 0 Å². The molecule has 0 saturated carbocycles. The molecule has 1 N–H and O–H groups in total. The van der Waals surface area contributed by atoms with Crippen molar-refractivity contribution in [2.75, 3.05) is 18.6 Å². The molecule has 0 aromatic rings. The van der Waals surface area contributed by atoms with E-state index in [9.17, 15) is 0 Å². The first-order chi connectivity index (χ1) is 7.24. The van der Waals surface area contributed by atoms with Crippen LogP contribution in [0.2, 0.25) is 0 Å².